The fraction of sp³-hybridized carbons (Fsp3) is 0.938. The van der Waals surface area contributed by atoms with Crippen LogP contribution in [0.15, 0.2) is 0 Å². The largest absolute Gasteiger partial charge is 0.465 e. The van der Waals surface area contributed by atoms with Gasteiger partial charge in [0.15, 0.2) is 0 Å². The zero-order valence-corrected chi connectivity index (χ0v) is 14.6. The van der Waals surface area contributed by atoms with Gasteiger partial charge in [-0.05, 0) is 37.4 Å². The normalized spacial score (nSPS) is 13.5. The number of unbranched alkanes of at least 4 members (excludes halogenated alkanes) is 1. The molecule has 0 aliphatic carbocycles. The fourth-order valence-electron chi connectivity index (χ4n) is 1.84. The number of esters is 1. The quantitative estimate of drug-likeness (QED) is 0.360. The third kappa shape index (κ3) is 11.0. The molecular formula is C16H30F2O2S. The molecule has 0 aromatic rings. The Morgan fingerprint density at radius 3 is 2.43 bits per heavy atom. The molecule has 1 unspecified atom stereocenters. The van der Waals surface area contributed by atoms with Gasteiger partial charge in [0.1, 0.15) is 5.25 Å². The molecule has 0 fully saturated rings. The summed E-state index contributed by atoms with van der Waals surface area (Å²) < 4.78 is 31.4. The van der Waals surface area contributed by atoms with Crippen molar-refractivity contribution < 1.29 is 18.3 Å². The Labute approximate surface area is 132 Å². The van der Waals surface area contributed by atoms with E-state index in [-0.39, 0.29) is 24.1 Å². The molecule has 21 heavy (non-hydrogen) atoms. The number of ether oxygens (including phenoxy) is 1. The first kappa shape index (κ1) is 20.7. The summed E-state index contributed by atoms with van der Waals surface area (Å²) in [6, 6.07) is 0. The first-order valence-corrected chi connectivity index (χ1v) is 9.03. The molecule has 0 radical (unpaired) electrons. The first-order chi connectivity index (χ1) is 9.82. The summed E-state index contributed by atoms with van der Waals surface area (Å²) in [5.74, 6) is -1.55. The number of hydrogen-bond donors (Lipinski definition) is 0. The Morgan fingerprint density at radius 1 is 1.24 bits per heavy atom. The highest BCUT2D eigenvalue weighted by atomic mass is 32.2. The molecule has 0 heterocycles. The number of carbonyl (C=O) groups is 1. The number of carbonyl (C=O) groups excluding carboxylic acids is 1. The van der Waals surface area contributed by atoms with Crippen LogP contribution in [0.25, 0.3) is 0 Å². The number of alkyl halides is 2. The molecule has 0 rings (SSSR count). The van der Waals surface area contributed by atoms with Gasteiger partial charge in [-0.1, -0.05) is 27.7 Å². The summed E-state index contributed by atoms with van der Waals surface area (Å²) in [6.07, 6.45) is 2.66. The molecule has 0 aromatic heterocycles. The van der Waals surface area contributed by atoms with E-state index in [4.69, 9.17) is 4.74 Å². The van der Waals surface area contributed by atoms with Crippen LogP contribution in [-0.4, -0.2) is 29.5 Å². The van der Waals surface area contributed by atoms with E-state index in [9.17, 15) is 13.6 Å². The summed E-state index contributed by atoms with van der Waals surface area (Å²) in [7, 11) is 0. The van der Waals surface area contributed by atoms with Gasteiger partial charge in [-0.15, -0.1) is 11.8 Å². The average Bonchev–Trinajstić information content (AvgIpc) is 2.42. The molecule has 0 bridgehead atoms. The van der Waals surface area contributed by atoms with Crippen LogP contribution in [0, 0.1) is 5.92 Å². The summed E-state index contributed by atoms with van der Waals surface area (Å²) in [6.45, 7) is 8.07. The summed E-state index contributed by atoms with van der Waals surface area (Å²) in [4.78, 5) is 11.9. The minimum Gasteiger partial charge on any atom is -0.465 e. The highest BCUT2D eigenvalue weighted by Gasteiger charge is 2.25. The van der Waals surface area contributed by atoms with Crippen LogP contribution in [0.5, 0.6) is 0 Å². The maximum atomic E-state index is 13.1. The smallest absolute Gasteiger partial charge is 0.319 e. The second-order valence-corrected chi connectivity index (χ2v) is 7.13. The summed E-state index contributed by atoms with van der Waals surface area (Å²) in [5, 5.41) is -0.164. The molecule has 5 heteroatoms. The Kier molecular flexibility index (Phi) is 11.1. The van der Waals surface area contributed by atoms with E-state index in [0.29, 0.717) is 18.9 Å². The highest BCUT2D eigenvalue weighted by Crippen LogP contribution is 2.27. The molecule has 0 spiro atoms. The minimum absolute atomic E-state index is 0.0564. The van der Waals surface area contributed by atoms with Gasteiger partial charge in [0.05, 0.1) is 6.61 Å². The van der Waals surface area contributed by atoms with Crippen LogP contribution in [0.1, 0.15) is 66.2 Å². The van der Waals surface area contributed by atoms with E-state index in [1.54, 1.807) is 11.8 Å². The van der Waals surface area contributed by atoms with Crippen LogP contribution in [0.2, 0.25) is 0 Å². The van der Waals surface area contributed by atoms with Gasteiger partial charge < -0.3 is 4.74 Å². The molecule has 0 aromatic carbocycles. The van der Waals surface area contributed by atoms with Gasteiger partial charge in [-0.25, -0.2) is 8.78 Å². The van der Waals surface area contributed by atoms with E-state index >= 15 is 0 Å². The third-order valence-electron chi connectivity index (χ3n) is 3.17. The Morgan fingerprint density at radius 2 is 1.90 bits per heavy atom. The van der Waals surface area contributed by atoms with Crippen molar-refractivity contribution in [3.63, 3.8) is 0 Å². The number of hydrogen-bond acceptors (Lipinski definition) is 3. The van der Waals surface area contributed by atoms with Gasteiger partial charge in [0.2, 0.25) is 5.92 Å². The van der Waals surface area contributed by atoms with E-state index < -0.39 is 5.92 Å². The molecule has 2 nitrogen and oxygen atoms in total. The molecule has 0 aliphatic rings. The van der Waals surface area contributed by atoms with Gasteiger partial charge in [0.25, 0.3) is 0 Å². The van der Waals surface area contributed by atoms with E-state index in [1.165, 1.54) is 6.92 Å². The Bertz CT molecular complexity index is 283. The predicted octanol–water partition coefficient (Wildman–Crippen LogP) is 5.30. The standard InChI is InChI=1S/C16H30F2O2S/c1-5-10-20-15(19)14(12-13(3)4)21-11-8-7-9-16(17,18)6-2/h13-14H,5-12H2,1-4H3. The zero-order chi connectivity index (χ0) is 16.3. The minimum atomic E-state index is -2.54. The zero-order valence-electron chi connectivity index (χ0n) is 13.8. The van der Waals surface area contributed by atoms with Crippen molar-refractivity contribution in [3.8, 4) is 0 Å². The topological polar surface area (TPSA) is 26.3 Å². The molecule has 126 valence electrons. The fourth-order valence-corrected chi connectivity index (χ4v) is 3.22. The molecule has 0 aliphatic heterocycles. The summed E-state index contributed by atoms with van der Waals surface area (Å²) >= 11 is 1.55. The Hall–Kier alpha value is -0.320. The molecule has 0 saturated heterocycles. The van der Waals surface area contributed by atoms with Gasteiger partial charge in [-0.3, -0.25) is 4.79 Å². The van der Waals surface area contributed by atoms with Crippen molar-refractivity contribution in [2.45, 2.75) is 77.4 Å². The predicted molar refractivity (Wildman–Crippen MR) is 86.0 cm³/mol. The number of thioether (sulfide) groups is 1. The SMILES string of the molecule is CCCOC(=O)C(CC(C)C)SCCCCC(F)(F)CC. The summed E-state index contributed by atoms with van der Waals surface area (Å²) in [5.41, 5.74) is 0. The first-order valence-electron chi connectivity index (χ1n) is 7.98. The lowest BCUT2D eigenvalue weighted by atomic mass is 10.1. The second-order valence-electron chi connectivity index (χ2n) is 5.82. The van der Waals surface area contributed by atoms with Crippen LogP contribution < -0.4 is 0 Å². The second kappa shape index (κ2) is 11.3. The Balaban J connectivity index is 4.04. The lowest BCUT2D eigenvalue weighted by Gasteiger charge is -2.18. The maximum absolute atomic E-state index is 13.1. The maximum Gasteiger partial charge on any atom is 0.319 e. The molecule has 0 saturated carbocycles. The van der Waals surface area contributed by atoms with Crippen molar-refractivity contribution in [1.29, 1.82) is 0 Å². The van der Waals surface area contributed by atoms with Gasteiger partial charge in [-0.2, -0.15) is 0 Å². The van der Waals surface area contributed by atoms with Gasteiger partial charge in [0, 0.05) is 12.8 Å². The number of halogens is 2. The molecule has 1 atom stereocenters. The van der Waals surface area contributed by atoms with Crippen LogP contribution in [-0.2, 0) is 9.53 Å². The van der Waals surface area contributed by atoms with E-state index in [1.807, 2.05) is 6.92 Å². The average molecular weight is 324 g/mol. The molecular weight excluding hydrogens is 294 g/mol. The van der Waals surface area contributed by atoms with Crippen molar-refractivity contribution in [3.05, 3.63) is 0 Å². The van der Waals surface area contributed by atoms with Crippen molar-refractivity contribution in [2.24, 2.45) is 5.92 Å². The van der Waals surface area contributed by atoms with E-state index in [2.05, 4.69) is 13.8 Å². The number of rotatable bonds is 12. The van der Waals surface area contributed by atoms with Crippen LogP contribution in [0.3, 0.4) is 0 Å². The lowest BCUT2D eigenvalue weighted by molar-refractivity contribution is -0.143. The van der Waals surface area contributed by atoms with Crippen molar-refractivity contribution in [2.75, 3.05) is 12.4 Å². The third-order valence-corrected chi connectivity index (χ3v) is 4.48. The molecule has 0 amide bonds. The van der Waals surface area contributed by atoms with E-state index in [0.717, 1.165) is 25.0 Å². The molecule has 0 N–H and O–H groups in total. The van der Waals surface area contributed by atoms with Crippen LogP contribution in [0.4, 0.5) is 8.78 Å². The van der Waals surface area contributed by atoms with Crippen molar-refractivity contribution in [1.82, 2.24) is 0 Å². The van der Waals surface area contributed by atoms with Crippen molar-refractivity contribution >= 4 is 17.7 Å². The van der Waals surface area contributed by atoms with Gasteiger partial charge >= 0.3 is 5.97 Å². The lowest BCUT2D eigenvalue weighted by Crippen LogP contribution is -2.23. The van der Waals surface area contributed by atoms with Crippen LogP contribution >= 0.6 is 11.8 Å². The monoisotopic (exact) mass is 324 g/mol. The highest BCUT2D eigenvalue weighted by molar-refractivity contribution is 8.00.